The lowest BCUT2D eigenvalue weighted by Gasteiger charge is -2.09. The molecule has 0 aromatic heterocycles. The Labute approximate surface area is 129 Å². The second kappa shape index (κ2) is 6.98. The van der Waals surface area contributed by atoms with Crippen LogP contribution >= 0.6 is 11.8 Å². The molecule has 0 bridgehead atoms. The molecule has 21 heavy (non-hydrogen) atoms. The summed E-state index contributed by atoms with van der Waals surface area (Å²) in [5.74, 6) is 1.17. The van der Waals surface area contributed by atoms with Gasteiger partial charge in [0.15, 0.2) is 5.17 Å². The average Bonchev–Trinajstić information content (AvgIpc) is 3.18. The molecule has 1 aromatic rings. The third-order valence-corrected chi connectivity index (χ3v) is 4.70. The number of hydrogen-bond acceptors (Lipinski definition) is 3. The van der Waals surface area contributed by atoms with Crippen molar-refractivity contribution in [3.8, 4) is 0 Å². The molecule has 2 N–H and O–H groups in total. The molecule has 1 atom stereocenters. The van der Waals surface area contributed by atoms with E-state index in [0.717, 1.165) is 30.2 Å². The van der Waals surface area contributed by atoms with Crippen LogP contribution in [0.25, 0.3) is 0 Å². The number of thioether (sulfide) groups is 1. The summed E-state index contributed by atoms with van der Waals surface area (Å²) >= 11 is 1.75. The molecule has 1 saturated carbocycles. The van der Waals surface area contributed by atoms with Crippen molar-refractivity contribution >= 4 is 22.8 Å². The van der Waals surface area contributed by atoms with Crippen molar-refractivity contribution in [1.29, 1.82) is 0 Å². The Balaban J connectivity index is 1.39. The lowest BCUT2D eigenvalue weighted by atomic mass is 10.1. The molecule has 2 fully saturated rings. The third-order valence-electron chi connectivity index (χ3n) is 3.61. The number of amides is 1. The summed E-state index contributed by atoms with van der Waals surface area (Å²) in [5.41, 5.74) is 1.35. The SMILES string of the molecule is O=C(CCN=C1NC(Cc2ccccc2)CS1)NC1CC1. The summed E-state index contributed by atoms with van der Waals surface area (Å²) in [5, 5.41) is 7.41. The first-order chi connectivity index (χ1) is 10.3. The number of carbonyl (C=O) groups excluding carboxylic acids is 1. The molecule has 3 rings (SSSR count). The molecule has 4 nitrogen and oxygen atoms in total. The summed E-state index contributed by atoms with van der Waals surface area (Å²) in [4.78, 5) is 16.1. The number of rotatable bonds is 6. The van der Waals surface area contributed by atoms with Crippen molar-refractivity contribution in [2.45, 2.75) is 37.8 Å². The summed E-state index contributed by atoms with van der Waals surface area (Å²) in [6, 6.07) is 11.4. The fourth-order valence-corrected chi connectivity index (χ4v) is 3.32. The average molecular weight is 303 g/mol. The molecule has 1 aliphatic heterocycles. The number of benzene rings is 1. The zero-order valence-electron chi connectivity index (χ0n) is 12.0. The summed E-state index contributed by atoms with van der Waals surface area (Å²) in [6.07, 6.45) is 3.79. The van der Waals surface area contributed by atoms with E-state index in [4.69, 9.17) is 0 Å². The molecule has 5 heteroatoms. The first-order valence-electron chi connectivity index (χ1n) is 7.56. The molecule has 2 aliphatic rings. The second-order valence-corrected chi connectivity index (χ2v) is 6.63. The smallest absolute Gasteiger partial charge is 0.222 e. The standard InChI is InChI=1S/C16H21N3OS/c20-15(18-13-6-7-13)8-9-17-16-19-14(11-21-16)10-12-4-2-1-3-5-12/h1-5,13-14H,6-11H2,(H,17,19)(H,18,20). The largest absolute Gasteiger partial charge is 0.361 e. The van der Waals surface area contributed by atoms with E-state index >= 15 is 0 Å². The van der Waals surface area contributed by atoms with E-state index in [2.05, 4.69) is 39.9 Å². The van der Waals surface area contributed by atoms with Gasteiger partial charge < -0.3 is 10.6 Å². The van der Waals surface area contributed by atoms with Crippen LogP contribution in [0.5, 0.6) is 0 Å². The number of aliphatic imine (C=N–C) groups is 1. The lowest BCUT2D eigenvalue weighted by Crippen LogP contribution is -2.29. The Morgan fingerprint density at radius 3 is 2.90 bits per heavy atom. The van der Waals surface area contributed by atoms with Gasteiger partial charge in [0.2, 0.25) is 5.91 Å². The molecule has 1 saturated heterocycles. The topological polar surface area (TPSA) is 53.5 Å². The molecular formula is C16H21N3OS. The van der Waals surface area contributed by atoms with Crippen molar-refractivity contribution in [2.75, 3.05) is 12.3 Å². The Morgan fingerprint density at radius 1 is 1.33 bits per heavy atom. The van der Waals surface area contributed by atoms with E-state index < -0.39 is 0 Å². The number of nitrogens with one attached hydrogen (secondary N) is 2. The second-order valence-electron chi connectivity index (χ2n) is 5.62. The highest BCUT2D eigenvalue weighted by Crippen LogP contribution is 2.19. The molecule has 0 spiro atoms. The van der Waals surface area contributed by atoms with Crippen LogP contribution in [0.4, 0.5) is 0 Å². The van der Waals surface area contributed by atoms with Crippen LogP contribution in [-0.4, -0.2) is 35.5 Å². The van der Waals surface area contributed by atoms with Crippen LogP contribution in [-0.2, 0) is 11.2 Å². The summed E-state index contributed by atoms with van der Waals surface area (Å²) < 4.78 is 0. The normalized spacial score (nSPS) is 23.0. The van der Waals surface area contributed by atoms with E-state index in [-0.39, 0.29) is 5.91 Å². The van der Waals surface area contributed by atoms with Crippen molar-refractivity contribution in [3.63, 3.8) is 0 Å². The van der Waals surface area contributed by atoms with E-state index in [1.54, 1.807) is 11.8 Å². The maximum absolute atomic E-state index is 11.6. The van der Waals surface area contributed by atoms with Gasteiger partial charge in [0.1, 0.15) is 0 Å². The van der Waals surface area contributed by atoms with Gasteiger partial charge in [-0.25, -0.2) is 0 Å². The molecule has 112 valence electrons. The molecule has 1 heterocycles. The van der Waals surface area contributed by atoms with Crippen molar-refractivity contribution < 1.29 is 4.79 Å². The first-order valence-corrected chi connectivity index (χ1v) is 8.55. The van der Waals surface area contributed by atoms with Gasteiger partial charge in [0.25, 0.3) is 0 Å². The Morgan fingerprint density at radius 2 is 2.14 bits per heavy atom. The minimum atomic E-state index is 0.130. The Kier molecular flexibility index (Phi) is 4.80. The zero-order valence-corrected chi connectivity index (χ0v) is 12.9. The molecule has 1 aromatic carbocycles. The van der Waals surface area contributed by atoms with E-state index in [0.29, 0.717) is 25.0 Å². The van der Waals surface area contributed by atoms with Crippen molar-refractivity contribution in [1.82, 2.24) is 10.6 Å². The van der Waals surface area contributed by atoms with Crippen molar-refractivity contribution in [3.05, 3.63) is 35.9 Å². The fraction of sp³-hybridized carbons (Fsp3) is 0.500. The van der Waals surface area contributed by atoms with Gasteiger partial charge in [0.05, 0.1) is 6.54 Å². The monoisotopic (exact) mass is 303 g/mol. The highest BCUT2D eigenvalue weighted by atomic mass is 32.2. The third kappa shape index (κ3) is 4.77. The van der Waals surface area contributed by atoms with Gasteiger partial charge in [-0.15, -0.1) is 0 Å². The lowest BCUT2D eigenvalue weighted by molar-refractivity contribution is -0.121. The minimum absolute atomic E-state index is 0.130. The molecule has 1 unspecified atom stereocenters. The highest BCUT2D eigenvalue weighted by molar-refractivity contribution is 8.14. The van der Waals surface area contributed by atoms with Gasteiger partial charge in [-0.05, 0) is 24.8 Å². The van der Waals surface area contributed by atoms with E-state index in [1.165, 1.54) is 5.56 Å². The number of hydrogen-bond donors (Lipinski definition) is 2. The summed E-state index contributed by atoms with van der Waals surface area (Å²) in [6.45, 7) is 0.575. The number of nitrogens with zero attached hydrogens (tertiary/aromatic N) is 1. The van der Waals surface area contributed by atoms with Crippen LogP contribution in [0.3, 0.4) is 0 Å². The molecule has 0 radical (unpaired) electrons. The predicted octanol–water partition coefficient (Wildman–Crippen LogP) is 1.96. The van der Waals surface area contributed by atoms with Gasteiger partial charge in [-0.2, -0.15) is 0 Å². The number of carbonyl (C=O) groups is 1. The van der Waals surface area contributed by atoms with Crippen molar-refractivity contribution in [2.24, 2.45) is 4.99 Å². The van der Waals surface area contributed by atoms with Gasteiger partial charge in [-0.1, -0.05) is 42.1 Å². The van der Waals surface area contributed by atoms with Gasteiger partial charge >= 0.3 is 0 Å². The van der Waals surface area contributed by atoms with E-state index in [9.17, 15) is 4.79 Å². The molecule has 1 aliphatic carbocycles. The quantitative estimate of drug-likeness (QED) is 0.844. The molecule has 1 amide bonds. The van der Waals surface area contributed by atoms with Crippen LogP contribution in [0, 0.1) is 0 Å². The maximum Gasteiger partial charge on any atom is 0.222 e. The Hall–Kier alpha value is -1.49. The van der Waals surface area contributed by atoms with Crippen LogP contribution < -0.4 is 10.6 Å². The fourth-order valence-electron chi connectivity index (χ4n) is 2.32. The highest BCUT2D eigenvalue weighted by Gasteiger charge is 2.23. The predicted molar refractivity (Wildman–Crippen MR) is 87.6 cm³/mol. The summed E-state index contributed by atoms with van der Waals surface area (Å²) in [7, 11) is 0. The Bertz CT molecular complexity index is 514. The molecular weight excluding hydrogens is 282 g/mol. The van der Waals surface area contributed by atoms with Gasteiger partial charge in [-0.3, -0.25) is 9.79 Å². The van der Waals surface area contributed by atoms with Crippen LogP contribution in [0.15, 0.2) is 35.3 Å². The maximum atomic E-state index is 11.6. The van der Waals surface area contributed by atoms with E-state index in [1.807, 2.05) is 6.07 Å². The minimum Gasteiger partial charge on any atom is -0.361 e. The van der Waals surface area contributed by atoms with Crippen LogP contribution in [0.1, 0.15) is 24.8 Å². The zero-order chi connectivity index (χ0) is 14.5. The first kappa shape index (κ1) is 14.4. The number of amidine groups is 1. The van der Waals surface area contributed by atoms with Gasteiger partial charge in [0, 0.05) is 24.3 Å². The van der Waals surface area contributed by atoms with Crippen LogP contribution in [0.2, 0.25) is 0 Å².